The first-order valence-corrected chi connectivity index (χ1v) is 6.13. The van der Waals surface area contributed by atoms with Crippen LogP contribution in [0.2, 0.25) is 0 Å². The molecule has 1 heteroatoms. The standard InChI is InChI=1S/C13H25N/c1-12(7-6-10-14-2)11-13-8-4-3-5-9-13/h7,13-14H,3-6,8-11H2,1-2H3. The fourth-order valence-corrected chi connectivity index (χ4v) is 2.39. The molecule has 14 heavy (non-hydrogen) atoms. The van der Waals surface area contributed by atoms with E-state index in [4.69, 9.17) is 0 Å². The van der Waals surface area contributed by atoms with E-state index in [-0.39, 0.29) is 0 Å². The first-order valence-electron chi connectivity index (χ1n) is 6.13. The van der Waals surface area contributed by atoms with E-state index in [1.54, 1.807) is 5.57 Å². The summed E-state index contributed by atoms with van der Waals surface area (Å²) in [6, 6.07) is 0. The van der Waals surface area contributed by atoms with Crippen LogP contribution in [0.5, 0.6) is 0 Å². The summed E-state index contributed by atoms with van der Waals surface area (Å²) in [7, 11) is 2.02. The second-order valence-electron chi connectivity index (χ2n) is 4.65. The molecule has 0 aromatic carbocycles. The maximum Gasteiger partial charge on any atom is -0.00172 e. The van der Waals surface area contributed by atoms with E-state index in [9.17, 15) is 0 Å². The van der Waals surface area contributed by atoms with E-state index in [1.165, 1.54) is 44.9 Å². The maximum absolute atomic E-state index is 3.18. The van der Waals surface area contributed by atoms with E-state index in [0.717, 1.165) is 12.5 Å². The van der Waals surface area contributed by atoms with Crippen molar-refractivity contribution in [3.8, 4) is 0 Å². The molecule has 0 bridgehead atoms. The normalized spacial score (nSPS) is 20.0. The van der Waals surface area contributed by atoms with Crippen LogP contribution in [-0.4, -0.2) is 13.6 Å². The largest absolute Gasteiger partial charge is 0.319 e. The van der Waals surface area contributed by atoms with Gasteiger partial charge >= 0.3 is 0 Å². The van der Waals surface area contributed by atoms with Crippen LogP contribution in [0, 0.1) is 5.92 Å². The molecule has 0 aromatic rings. The van der Waals surface area contributed by atoms with Crippen molar-refractivity contribution in [2.24, 2.45) is 5.92 Å². The molecule has 1 saturated carbocycles. The van der Waals surface area contributed by atoms with Crippen molar-refractivity contribution >= 4 is 0 Å². The highest BCUT2D eigenvalue weighted by Gasteiger charge is 2.12. The highest BCUT2D eigenvalue weighted by Crippen LogP contribution is 2.28. The Hall–Kier alpha value is -0.300. The molecule has 0 amide bonds. The molecule has 0 unspecified atom stereocenters. The summed E-state index contributed by atoms with van der Waals surface area (Å²) in [6.07, 6.45) is 12.3. The van der Waals surface area contributed by atoms with E-state index in [2.05, 4.69) is 18.3 Å². The number of hydrogen-bond donors (Lipinski definition) is 1. The lowest BCUT2D eigenvalue weighted by Crippen LogP contribution is -2.08. The van der Waals surface area contributed by atoms with Gasteiger partial charge in [-0.25, -0.2) is 0 Å². The summed E-state index contributed by atoms with van der Waals surface area (Å²) in [5.74, 6) is 0.995. The van der Waals surface area contributed by atoms with Crippen molar-refractivity contribution in [3.05, 3.63) is 11.6 Å². The Bertz CT molecular complexity index is 166. The van der Waals surface area contributed by atoms with Crippen molar-refractivity contribution < 1.29 is 0 Å². The third-order valence-corrected chi connectivity index (χ3v) is 3.22. The highest BCUT2D eigenvalue weighted by molar-refractivity contribution is 4.99. The summed E-state index contributed by atoms with van der Waals surface area (Å²) < 4.78 is 0. The van der Waals surface area contributed by atoms with Crippen LogP contribution in [0.25, 0.3) is 0 Å². The average molecular weight is 195 g/mol. The fraction of sp³-hybridized carbons (Fsp3) is 0.846. The van der Waals surface area contributed by atoms with Crippen LogP contribution >= 0.6 is 0 Å². The molecule has 1 rings (SSSR count). The van der Waals surface area contributed by atoms with Gasteiger partial charge in [0.1, 0.15) is 0 Å². The molecule has 1 fully saturated rings. The Labute approximate surface area is 89.0 Å². The number of rotatable bonds is 5. The Morgan fingerprint density at radius 1 is 1.29 bits per heavy atom. The van der Waals surface area contributed by atoms with Gasteiger partial charge in [-0.15, -0.1) is 0 Å². The first-order chi connectivity index (χ1) is 6.83. The van der Waals surface area contributed by atoms with E-state index in [0.29, 0.717) is 0 Å². The molecule has 1 nitrogen and oxygen atoms in total. The topological polar surface area (TPSA) is 12.0 Å². The van der Waals surface area contributed by atoms with Crippen LogP contribution in [-0.2, 0) is 0 Å². The molecule has 1 N–H and O–H groups in total. The minimum Gasteiger partial charge on any atom is -0.319 e. The lowest BCUT2D eigenvalue weighted by Gasteiger charge is -2.21. The van der Waals surface area contributed by atoms with Crippen molar-refractivity contribution in [2.75, 3.05) is 13.6 Å². The SMILES string of the molecule is CNCCC=C(C)CC1CCCCC1. The lowest BCUT2D eigenvalue weighted by atomic mass is 9.85. The van der Waals surface area contributed by atoms with Gasteiger partial charge in [0.25, 0.3) is 0 Å². The average Bonchev–Trinajstić information content (AvgIpc) is 2.20. The second-order valence-corrected chi connectivity index (χ2v) is 4.65. The van der Waals surface area contributed by atoms with Crippen molar-refractivity contribution in [2.45, 2.75) is 51.9 Å². The molecule has 82 valence electrons. The highest BCUT2D eigenvalue weighted by atomic mass is 14.8. The minimum absolute atomic E-state index is 0.995. The van der Waals surface area contributed by atoms with Gasteiger partial charge in [0.15, 0.2) is 0 Å². The van der Waals surface area contributed by atoms with Gasteiger partial charge in [0.2, 0.25) is 0 Å². The maximum atomic E-state index is 3.18. The smallest absolute Gasteiger partial charge is 0.00172 e. The number of allylic oxidation sites excluding steroid dienone is 1. The molecule has 0 spiro atoms. The zero-order valence-corrected chi connectivity index (χ0v) is 9.81. The molecule has 0 aromatic heterocycles. The van der Waals surface area contributed by atoms with Crippen molar-refractivity contribution in [1.29, 1.82) is 0 Å². The summed E-state index contributed by atoms with van der Waals surface area (Å²) in [5.41, 5.74) is 1.60. The zero-order chi connectivity index (χ0) is 10.2. The monoisotopic (exact) mass is 195 g/mol. The van der Waals surface area contributed by atoms with Crippen LogP contribution < -0.4 is 5.32 Å². The Morgan fingerprint density at radius 2 is 2.00 bits per heavy atom. The summed E-state index contributed by atoms with van der Waals surface area (Å²) in [4.78, 5) is 0. The molecule has 1 aliphatic rings. The first kappa shape index (κ1) is 11.8. The van der Waals surface area contributed by atoms with E-state index >= 15 is 0 Å². The Morgan fingerprint density at radius 3 is 2.64 bits per heavy atom. The van der Waals surface area contributed by atoms with Crippen molar-refractivity contribution in [1.82, 2.24) is 5.32 Å². The summed E-state index contributed by atoms with van der Waals surface area (Å²) >= 11 is 0. The lowest BCUT2D eigenvalue weighted by molar-refractivity contribution is 0.356. The third-order valence-electron chi connectivity index (χ3n) is 3.22. The third kappa shape index (κ3) is 4.80. The molecular weight excluding hydrogens is 170 g/mol. The van der Waals surface area contributed by atoms with Gasteiger partial charge < -0.3 is 5.32 Å². The zero-order valence-electron chi connectivity index (χ0n) is 9.81. The van der Waals surface area contributed by atoms with Gasteiger partial charge in [-0.1, -0.05) is 43.8 Å². The predicted molar refractivity (Wildman–Crippen MR) is 63.5 cm³/mol. The summed E-state index contributed by atoms with van der Waals surface area (Å²) in [6.45, 7) is 3.41. The van der Waals surface area contributed by atoms with Crippen LogP contribution in [0.4, 0.5) is 0 Å². The molecule has 0 heterocycles. The molecule has 0 aliphatic heterocycles. The van der Waals surface area contributed by atoms with E-state index < -0.39 is 0 Å². The molecule has 0 radical (unpaired) electrons. The number of nitrogens with one attached hydrogen (secondary N) is 1. The van der Waals surface area contributed by atoms with Gasteiger partial charge in [-0.05, 0) is 39.3 Å². The van der Waals surface area contributed by atoms with Crippen LogP contribution in [0.3, 0.4) is 0 Å². The summed E-state index contributed by atoms with van der Waals surface area (Å²) in [5, 5.41) is 3.18. The molecular formula is C13H25N. The molecule has 0 saturated heterocycles. The quantitative estimate of drug-likeness (QED) is 0.523. The number of hydrogen-bond acceptors (Lipinski definition) is 1. The van der Waals surface area contributed by atoms with Crippen LogP contribution in [0.1, 0.15) is 51.9 Å². The van der Waals surface area contributed by atoms with E-state index in [1.807, 2.05) is 7.05 Å². The van der Waals surface area contributed by atoms with Gasteiger partial charge in [0, 0.05) is 0 Å². The Kier molecular flexibility index (Phi) is 5.93. The Balaban J connectivity index is 2.17. The predicted octanol–water partition coefficient (Wildman–Crippen LogP) is 3.51. The van der Waals surface area contributed by atoms with Gasteiger partial charge in [-0.2, -0.15) is 0 Å². The van der Waals surface area contributed by atoms with Crippen LogP contribution in [0.15, 0.2) is 11.6 Å². The molecule has 0 atom stereocenters. The minimum atomic E-state index is 0.995. The van der Waals surface area contributed by atoms with Gasteiger partial charge in [0.05, 0.1) is 0 Å². The molecule has 1 aliphatic carbocycles. The fourth-order valence-electron chi connectivity index (χ4n) is 2.39. The van der Waals surface area contributed by atoms with Crippen molar-refractivity contribution in [3.63, 3.8) is 0 Å². The second kappa shape index (κ2) is 7.05. The van der Waals surface area contributed by atoms with Gasteiger partial charge in [-0.3, -0.25) is 0 Å².